The first-order valence-electron chi connectivity index (χ1n) is 7.88. The largest absolute Gasteiger partial charge is 0.497 e. The third kappa shape index (κ3) is 3.76. The van der Waals surface area contributed by atoms with E-state index in [4.69, 9.17) is 10.5 Å². The van der Waals surface area contributed by atoms with Gasteiger partial charge in [0.2, 0.25) is 0 Å². The van der Waals surface area contributed by atoms with E-state index in [2.05, 4.69) is 24.0 Å². The second-order valence-corrected chi connectivity index (χ2v) is 6.08. The predicted molar refractivity (Wildman–Crippen MR) is 85.4 cm³/mol. The quantitative estimate of drug-likeness (QED) is 0.844. The summed E-state index contributed by atoms with van der Waals surface area (Å²) in [4.78, 5) is 2.42. The van der Waals surface area contributed by atoms with E-state index >= 15 is 0 Å². The molecule has 2 rings (SSSR count). The van der Waals surface area contributed by atoms with Crippen LogP contribution >= 0.6 is 0 Å². The molecule has 0 spiro atoms. The lowest BCUT2D eigenvalue weighted by molar-refractivity contribution is 0.118. The van der Waals surface area contributed by atoms with E-state index < -0.39 is 0 Å². The summed E-state index contributed by atoms with van der Waals surface area (Å²) < 4.78 is 5.34. The first-order valence-corrected chi connectivity index (χ1v) is 7.88. The van der Waals surface area contributed by atoms with Crippen molar-refractivity contribution in [3.05, 3.63) is 29.8 Å². The van der Waals surface area contributed by atoms with Crippen molar-refractivity contribution in [2.24, 2.45) is 11.7 Å². The fourth-order valence-corrected chi connectivity index (χ4v) is 3.24. The van der Waals surface area contributed by atoms with Gasteiger partial charge in [0.1, 0.15) is 5.75 Å². The number of aliphatic hydroxyl groups is 1. The summed E-state index contributed by atoms with van der Waals surface area (Å²) in [6, 6.07) is 8.46. The van der Waals surface area contributed by atoms with Gasteiger partial charge in [0.15, 0.2) is 0 Å². The summed E-state index contributed by atoms with van der Waals surface area (Å²) >= 11 is 0. The Balaban J connectivity index is 2.22. The summed E-state index contributed by atoms with van der Waals surface area (Å²) in [6.45, 7) is 5.91. The maximum atomic E-state index is 9.82. The number of likely N-dealkylation sites (tertiary alicyclic amines) is 1. The SMILES string of the molecule is CCC(N)C(c1cccc(OC)c1)N1CCC(C(C)O)C1. The molecule has 4 atom stereocenters. The van der Waals surface area contributed by atoms with Gasteiger partial charge >= 0.3 is 0 Å². The van der Waals surface area contributed by atoms with E-state index in [-0.39, 0.29) is 18.2 Å². The second-order valence-electron chi connectivity index (χ2n) is 6.08. The molecule has 1 aliphatic rings. The highest BCUT2D eigenvalue weighted by Crippen LogP contribution is 2.33. The van der Waals surface area contributed by atoms with Crippen LogP contribution in [0.3, 0.4) is 0 Å². The lowest BCUT2D eigenvalue weighted by Gasteiger charge is -2.33. The molecule has 1 heterocycles. The summed E-state index contributed by atoms with van der Waals surface area (Å²) in [7, 11) is 1.69. The van der Waals surface area contributed by atoms with Gasteiger partial charge in [-0.2, -0.15) is 0 Å². The van der Waals surface area contributed by atoms with Gasteiger partial charge in [-0.3, -0.25) is 4.90 Å². The average Bonchev–Trinajstić information content (AvgIpc) is 2.97. The molecule has 0 bridgehead atoms. The maximum Gasteiger partial charge on any atom is 0.119 e. The van der Waals surface area contributed by atoms with Crippen LogP contribution in [-0.4, -0.2) is 42.4 Å². The Morgan fingerprint density at radius 3 is 2.81 bits per heavy atom. The van der Waals surface area contributed by atoms with Gasteiger partial charge in [-0.15, -0.1) is 0 Å². The molecular formula is C17H28N2O2. The molecule has 1 fully saturated rings. The number of ether oxygens (including phenoxy) is 1. The van der Waals surface area contributed by atoms with Gasteiger partial charge in [0.25, 0.3) is 0 Å². The number of hydrogen-bond donors (Lipinski definition) is 2. The van der Waals surface area contributed by atoms with Crippen LogP contribution in [0.2, 0.25) is 0 Å². The zero-order chi connectivity index (χ0) is 15.4. The fraction of sp³-hybridized carbons (Fsp3) is 0.647. The van der Waals surface area contributed by atoms with E-state index in [1.54, 1.807) is 7.11 Å². The third-order valence-corrected chi connectivity index (χ3v) is 4.64. The Hall–Kier alpha value is -1.10. The first kappa shape index (κ1) is 16.3. The molecular weight excluding hydrogens is 264 g/mol. The van der Waals surface area contributed by atoms with Crippen LogP contribution in [0.25, 0.3) is 0 Å². The first-order chi connectivity index (χ1) is 10.1. The van der Waals surface area contributed by atoms with Gasteiger partial charge in [-0.1, -0.05) is 19.1 Å². The molecule has 0 aliphatic carbocycles. The van der Waals surface area contributed by atoms with Gasteiger partial charge in [-0.05, 0) is 49.9 Å². The molecule has 4 unspecified atom stereocenters. The molecule has 4 nitrogen and oxygen atoms in total. The molecule has 1 saturated heterocycles. The number of benzene rings is 1. The van der Waals surface area contributed by atoms with Crippen LogP contribution in [0.1, 0.15) is 38.3 Å². The molecule has 21 heavy (non-hydrogen) atoms. The fourth-order valence-electron chi connectivity index (χ4n) is 3.24. The molecule has 0 amide bonds. The van der Waals surface area contributed by atoms with Crippen molar-refractivity contribution < 1.29 is 9.84 Å². The molecule has 0 saturated carbocycles. The van der Waals surface area contributed by atoms with E-state index in [0.29, 0.717) is 5.92 Å². The van der Waals surface area contributed by atoms with Gasteiger partial charge in [0.05, 0.1) is 19.3 Å². The summed E-state index contributed by atoms with van der Waals surface area (Å²) in [5.74, 6) is 1.22. The van der Waals surface area contributed by atoms with E-state index in [1.165, 1.54) is 5.56 Å². The highest BCUT2D eigenvalue weighted by molar-refractivity contribution is 5.31. The Morgan fingerprint density at radius 2 is 2.24 bits per heavy atom. The Morgan fingerprint density at radius 1 is 1.48 bits per heavy atom. The summed E-state index contributed by atoms with van der Waals surface area (Å²) in [5, 5.41) is 9.82. The van der Waals surface area contributed by atoms with E-state index in [0.717, 1.165) is 31.7 Å². The van der Waals surface area contributed by atoms with Crippen molar-refractivity contribution in [1.82, 2.24) is 4.90 Å². The predicted octanol–water partition coefficient (Wildman–Crippen LogP) is 2.18. The Kier molecular flexibility index (Phi) is 5.62. The smallest absolute Gasteiger partial charge is 0.119 e. The van der Waals surface area contributed by atoms with Crippen LogP contribution in [0.15, 0.2) is 24.3 Å². The third-order valence-electron chi connectivity index (χ3n) is 4.64. The standard InChI is InChI=1S/C17H28N2O2/c1-4-16(18)17(13-6-5-7-15(10-13)21-3)19-9-8-14(11-19)12(2)20/h5-7,10,12,14,16-17,20H,4,8-9,11,18H2,1-3H3. The average molecular weight is 292 g/mol. The van der Waals surface area contributed by atoms with Crippen molar-refractivity contribution in [2.45, 2.75) is 44.9 Å². The van der Waals surface area contributed by atoms with Crippen molar-refractivity contribution in [2.75, 3.05) is 20.2 Å². The molecule has 3 N–H and O–H groups in total. The highest BCUT2D eigenvalue weighted by Gasteiger charge is 2.33. The number of nitrogens with two attached hydrogens (primary N) is 1. The van der Waals surface area contributed by atoms with Crippen LogP contribution in [0.4, 0.5) is 0 Å². The normalized spacial score (nSPS) is 23.8. The lowest BCUT2D eigenvalue weighted by atomic mass is 9.96. The Labute approximate surface area is 127 Å². The number of aliphatic hydroxyl groups excluding tert-OH is 1. The zero-order valence-electron chi connectivity index (χ0n) is 13.3. The van der Waals surface area contributed by atoms with Crippen LogP contribution in [0.5, 0.6) is 5.75 Å². The minimum atomic E-state index is -0.251. The molecule has 118 valence electrons. The molecule has 1 aromatic rings. The van der Waals surface area contributed by atoms with Crippen LogP contribution in [-0.2, 0) is 0 Å². The van der Waals surface area contributed by atoms with Gasteiger partial charge in [0, 0.05) is 12.6 Å². The minimum Gasteiger partial charge on any atom is -0.497 e. The van der Waals surface area contributed by atoms with Crippen LogP contribution < -0.4 is 10.5 Å². The van der Waals surface area contributed by atoms with Crippen molar-refractivity contribution >= 4 is 0 Å². The van der Waals surface area contributed by atoms with E-state index in [1.807, 2.05) is 19.1 Å². The highest BCUT2D eigenvalue weighted by atomic mass is 16.5. The summed E-state index contributed by atoms with van der Waals surface area (Å²) in [6.07, 6.45) is 1.71. The van der Waals surface area contributed by atoms with Crippen molar-refractivity contribution in [3.8, 4) is 5.75 Å². The number of rotatable bonds is 6. The molecule has 1 aliphatic heterocycles. The van der Waals surface area contributed by atoms with E-state index in [9.17, 15) is 5.11 Å². The topological polar surface area (TPSA) is 58.7 Å². The maximum absolute atomic E-state index is 9.82. The molecule has 0 radical (unpaired) electrons. The lowest BCUT2D eigenvalue weighted by Crippen LogP contribution is -2.40. The van der Waals surface area contributed by atoms with Crippen molar-refractivity contribution in [3.63, 3.8) is 0 Å². The monoisotopic (exact) mass is 292 g/mol. The molecule has 0 aromatic heterocycles. The molecule has 4 heteroatoms. The van der Waals surface area contributed by atoms with Crippen LogP contribution in [0, 0.1) is 5.92 Å². The minimum absolute atomic E-state index is 0.0878. The number of methoxy groups -OCH3 is 1. The Bertz CT molecular complexity index is 450. The van der Waals surface area contributed by atoms with Gasteiger partial charge in [-0.25, -0.2) is 0 Å². The second kappa shape index (κ2) is 7.25. The zero-order valence-corrected chi connectivity index (χ0v) is 13.3. The summed E-state index contributed by atoms with van der Waals surface area (Å²) in [5.41, 5.74) is 7.60. The van der Waals surface area contributed by atoms with Gasteiger partial charge < -0.3 is 15.6 Å². The number of hydrogen-bond acceptors (Lipinski definition) is 4. The van der Waals surface area contributed by atoms with Crippen molar-refractivity contribution in [1.29, 1.82) is 0 Å². The number of nitrogens with zero attached hydrogens (tertiary/aromatic N) is 1. The molecule has 1 aromatic carbocycles.